The van der Waals surface area contributed by atoms with Gasteiger partial charge in [-0.05, 0) is 37.5 Å². The van der Waals surface area contributed by atoms with E-state index in [0.29, 0.717) is 12.8 Å². The molecule has 1 aliphatic rings. The minimum absolute atomic E-state index is 0.135. The lowest BCUT2D eigenvalue weighted by Gasteiger charge is -2.27. The van der Waals surface area contributed by atoms with Crippen molar-refractivity contribution in [3.63, 3.8) is 0 Å². The number of rotatable bonds is 6. The molecule has 1 saturated carbocycles. The highest BCUT2D eigenvalue weighted by Crippen LogP contribution is 2.26. The third-order valence-electron chi connectivity index (χ3n) is 4.95. The summed E-state index contributed by atoms with van der Waals surface area (Å²) in [6.45, 7) is 1.91. The number of benzene rings is 2. The molecular weight excluding hydrogens is 358 g/mol. The van der Waals surface area contributed by atoms with E-state index < -0.39 is 16.1 Å². The number of sulfonamides is 1. The molecule has 0 saturated heterocycles. The van der Waals surface area contributed by atoms with Gasteiger partial charge in [0.15, 0.2) is 0 Å². The molecule has 0 amide bonds. The molecule has 27 heavy (non-hydrogen) atoms. The van der Waals surface area contributed by atoms with Crippen LogP contribution in [0.2, 0.25) is 0 Å². The van der Waals surface area contributed by atoms with Gasteiger partial charge in [-0.2, -0.15) is 0 Å². The Balaban J connectivity index is 1.87. The summed E-state index contributed by atoms with van der Waals surface area (Å²) in [4.78, 5) is 12.7. The molecule has 142 valence electrons. The number of nitrogens with one attached hydrogen (secondary N) is 1. The van der Waals surface area contributed by atoms with E-state index in [1.165, 1.54) is 0 Å². The maximum atomic E-state index is 12.9. The Labute approximate surface area is 161 Å². The fourth-order valence-electron chi connectivity index (χ4n) is 3.39. The molecule has 0 aromatic heterocycles. The number of hydrogen-bond acceptors (Lipinski definition) is 3. The second-order valence-corrected chi connectivity index (χ2v) is 8.76. The van der Waals surface area contributed by atoms with Crippen molar-refractivity contribution in [3.05, 3.63) is 71.8 Å². The lowest BCUT2D eigenvalue weighted by atomic mass is 9.83. The highest BCUT2D eigenvalue weighted by Gasteiger charge is 2.31. The predicted molar refractivity (Wildman–Crippen MR) is 108 cm³/mol. The maximum absolute atomic E-state index is 12.9. The largest absolute Gasteiger partial charge is 0.299 e. The van der Waals surface area contributed by atoms with Gasteiger partial charge >= 0.3 is 0 Å². The average Bonchev–Trinajstić information content (AvgIpc) is 2.67. The minimum Gasteiger partial charge on any atom is -0.299 e. The van der Waals surface area contributed by atoms with Crippen molar-refractivity contribution in [2.75, 3.05) is 0 Å². The number of aryl methyl sites for hydroxylation is 1. The molecule has 2 unspecified atom stereocenters. The molecule has 1 aliphatic carbocycles. The van der Waals surface area contributed by atoms with E-state index in [2.05, 4.69) is 4.72 Å². The van der Waals surface area contributed by atoms with E-state index in [-0.39, 0.29) is 16.6 Å². The van der Waals surface area contributed by atoms with Gasteiger partial charge in [-0.25, -0.2) is 13.1 Å². The molecule has 1 N–H and O–H groups in total. The predicted octanol–water partition coefficient (Wildman–Crippen LogP) is 4.11. The molecule has 2 aromatic carbocycles. The summed E-state index contributed by atoms with van der Waals surface area (Å²) in [5.41, 5.74) is 1.97. The number of carbonyl (C=O) groups is 1. The fraction of sp³-hybridized carbons (Fsp3) is 0.318. The van der Waals surface area contributed by atoms with Gasteiger partial charge < -0.3 is 0 Å². The van der Waals surface area contributed by atoms with Crippen LogP contribution in [0.5, 0.6) is 0 Å². The molecule has 0 radical (unpaired) electrons. The molecule has 5 heteroatoms. The van der Waals surface area contributed by atoms with Gasteiger partial charge in [0.05, 0.1) is 10.9 Å². The van der Waals surface area contributed by atoms with Crippen LogP contribution in [0.3, 0.4) is 0 Å². The molecule has 3 rings (SSSR count). The first-order valence-corrected chi connectivity index (χ1v) is 10.8. The summed E-state index contributed by atoms with van der Waals surface area (Å²) in [5, 5.41) is 0. The highest BCUT2D eigenvalue weighted by atomic mass is 32.2. The third kappa shape index (κ3) is 5.15. The van der Waals surface area contributed by atoms with E-state index in [9.17, 15) is 13.2 Å². The van der Waals surface area contributed by atoms with Gasteiger partial charge in [-0.15, -0.1) is 0 Å². The van der Waals surface area contributed by atoms with Gasteiger partial charge in [-0.1, -0.05) is 66.6 Å². The van der Waals surface area contributed by atoms with E-state index in [1.807, 2.05) is 49.4 Å². The molecule has 2 aromatic rings. The summed E-state index contributed by atoms with van der Waals surface area (Å²) >= 11 is 0. The van der Waals surface area contributed by atoms with Crippen molar-refractivity contribution < 1.29 is 13.2 Å². The van der Waals surface area contributed by atoms with Crippen LogP contribution in [0.15, 0.2) is 65.6 Å². The minimum atomic E-state index is -3.71. The Morgan fingerprint density at radius 1 is 1.04 bits per heavy atom. The molecule has 0 bridgehead atoms. The van der Waals surface area contributed by atoms with Crippen LogP contribution in [0.25, 0.3) is 6.08 Å². The third-order valence-corrected chi connectivity index (χ3v) is 6.43. The van der Waals surface area contributed by atoms with E-state index in [1.54, 1.807) is 24.3 Å². The van der Waals surface area contributed by atoms with Crippen LogP contribution in [0, 0.1) is 12.8 Å². The zero-order chi connectivity index (χ0) is 19.3. The molecule has 0 spiro atoms. The maximum Gasteiger partial charge on any atom is 0.241 e. The van der Waals surface area contributed by atoms with Gasteiger partial charge in [0.1, 0.15) is 5.78 Å². The first kappa shape index (κ1) is 19.5. The first-order chi connectivity index (χ1) is 13.0. The molecular formula is C22H25NO3S. The van der Waals surface area contributed by atoms with E-state index in [0.717, 1.165) is 24.0 Å². The number of ketones is 1. The zero-order valence-corrected chi connectivity index (χ0v) is 16.3. The van der Waals surface area contributed by atoms with Gasteiger partial charge in [0, 0.05) is 12.3 Å². The van der Waals surface area contributed by atoms with Gasteiger partial charge in [-0.3, -0.25) is 4.79 Å². The molecule has 1 fully saturated rings. The number of carbonyl (C=O) groups excluding carboxylic acids is 1. The summed E-state index contributed by atoms with van der Waals surface area (Å²) in [6, 6.07) is 15.9. The van der Waals surface area contributed by atoms with Gasteiger partial charge in [0.25, 0.3) is 0 Å². The first-order valence-electron chi connectivity index (χ1n) is 9.31. The average molecular weight is 384 g/mol. The summed E-state index contributed by atoms with van der Waals surface area (Å²) in [7, 11) is -3.71. The van der Waals surface area contributed by atoms with Crippen molar-refractivity contribution in [1.82, 2.24) is 4.72 Å². The summed E-state index contributed by atoms with van der Waals surface area (Å²) in [5.74, 6) is -0.186. The topological polar surface area (TPSA) is 63.2 Å². The van der Waals surface area contributed by atoms with Crippen molar-refractivity contribution in [2.45, 2.75) is 43.5 Å². The van der Waals surface area contributed by atoms with Gasteiger partial charge in [0.2, 0.25) is 10.0 Å². The molecule has 0 heterocycles. The zero-order valence-electron chi connectivity index (χ0n) is 15.5. The molecule has 0 aliphatic heterocycles. The Bertz CT molecular complexity index is 902. The monoisotopic (exact) mass is 383 g/mol. The van der Waals surface area contributed by atoms with Crippen LogP contribution in [-0.4, -0.2) is 20.2 Å². The quantitative estimate of drug-likeness (QED) is 0.816. The van der Waals surface area contributed by atoms with Crippen LogP contribution in [0.4, 0.5) is 0 Å². The van der Waals surface area contributed by atoms with E-state index >= 15 is 0 Å². The Morgan fingerprint density at radius 3 is 2.41 bits per heavy atom. The summed E-state index contributed by atoms with van der Waals surface area (Å²) in [6.07, 6.45) is 6.75. The Hall–Kier alpha value is -2.24. The Kier molecular flexibility index (Phi) is 6.24. The summed E-state index contributed by atoms with van der Waals surface area (Å²) < 4.78 is 28.5. The van der Waals surface area contributed by atoms with Crippen molar-refractivity contribution in [1.29, 1.82) is 0 Å². The Morgan fingerprint density at radius 2 is 1.74 bits per heavy atom. The van der Waals surface area contributed by atoms with Crippen molar-refractivity contribution in [3.8, 4) is 0 Å². The van der Waals surface area contributed by atoms with Crippen LogP contribution >= 0.6 is 0 Å². The highest BCUT2D eigenvalue weighted by molar-refractivity contribution is 7.89. The lowest BCUT2D eigenvalue weighted by Crippen LogP contribution is -2.43. The number of Topliss-reactive ketones (excluding diaryl/α,β-unsaturated/α-hetero) is 1. The SMILES string of the molecule is Cc1ccc(S(=O)(=O)NC(/C=C/c2ccccc2)C2CCCCC2=O)cc1. The standard InChI is InChI=1S/C22H25NO3S/c1-17-11-14-19(15-12-17)27(25,26)23-21(20-9-5-6-10-22(20)24)16-13-18-7-3-2-4-8-18/h2-4,7-8,11-16,20-21,23H,5-6,9-10H2,1H3/b16-13+. The molecule has 4 nitrogen and oxygen atoms in total. The van der Waals surface area contributed by atoms with E-state index in [4.69, 9.17) is 0 Å². The normalized spacial score (nSPS) is 19.3. The van der Waals surface area contributed by atoms with Crippen LogP contribution < -0.4 is 4.72 Å². The second kappa shape index (κ2) is 8.63. The molecule has 2 atom stereocenters. The second-order valence-electron chi connectivity index (χ2n) is 7.05. The van der Waals surface area contributed by atoms with Crippen LogP contribution in [0.1, 0.15) is 36.8 Å². The fourth-order valence-corrected chi connectivity index (χ4v) is 4.62. The van der Waals surface area contributed by atoms with Crippen molar-refractivity contribution >= 4 is 21.9 Å². The van der Waals surface area contributed by atoms with Crippen molar-refractivity contribution in [2.24, 2.45) is 5.92 Å². The number of hydrogen-bond donors (Lipinski definition) is 1. The smallest absolute Gasteiger partial charge is 0.241 e. The van der Waals surface area contributed by atoms with Crippen LogP contribution in [-0.2, 0) is 14.8 Å². The lowest BCUT2D eigenvalue weighted by molar-refractivity contribution is -0.124.